The second-order valence-electron chi connectivity index (χ2n) is 5.41. The fourth-order valence-corrected chi connectivity index (χ4v) is 2.82. The van der Waals surface area contributed by atoms with Gasteiger partial charge >= 0.3 is 5.69 Å². The molecule has 2 aromatic rings. The first-order chi connectivity index (χ1) is 10.8. The molecule has 1 amide bonds. The molecule has 0 saturated carbocycles. The molecule has 0 aliphatic carbocycles. The van der Waals surface area contributed by atoms with Gasteiger partial charge < -0.3 is 0 Å². The average molecular weight is 335 g/mol. The summed E-state index contributed by atoms with van der Waals surface area (Å²) in [5, 5.41) is 0. The van der Waals surface area contributed by atoms with Crippen LogP contribution in [0.15, 0.2) is 45.1 Å². The lowest BCUT2D eigenvalue weighted by atomic mass is 10.0. The molecule has 0 atom stereocenters. The van der Waals surface area contributed by atoms with Crippen molar-refractivity contribution in [1.82, 2.24) is 8.54 Å². The number of nitrogens with zero attached hydrogens (tertiary/aromatic N) is 3. The average Bonchev–Trinajstić information content (AvgIpc) is 2.49. The van der Waals surface area contributed by atoms with Crippen LogP contribution in [-0.4, -0.2) is 14.4 Å². The molecular weight excluding hydrogens is 317 g/mol. The first-order valence-corrected chi connectivity index (χ1v) is 7.88. The summed E-state index contributed by atoms with van der Waals surface area (Å²) >= 11 is 1.11. The predicted molar refractivity (Wildman–Crippen MR) is 87.7 cm³/mol. The van der Waals surface area contributed by atoms with Crippen molar-refractivity contribution >= 4 is 17.9 Å². The van der Waals surface area contributed by atoms with E-state index < -0.39 is 17.4 Å². The van der Waals surface area contributed by atoms with E-state index in [4.69, 9.17) is 0 Å². The maximum Gasteiger partial charge on any atom is 0.340 e. The van der Waals surface area contributed by atoms with Gasteiger partial charge in [-0.15, -0.1) is 0 Å². The molecule has 23 heavy (non-hydrogen) atoms. The molecule has 0 N–H and O–H groups in total. The Hall–Kier alpha value is -2.15. The molecule has 0 radical (unpaired) electrons. The Morgan fingerprint density at radius 3 is 2.39 bits per heavy atom. The third-order valence-corrected chi connectivity index (χ3v) is 4.19. The van der Waals surface area contributed by atoms with Gasteiger partial charge in [-0.25, -0.2) is 13.2 Å². The molecule has 0 aliphatic heterocycles. The number of carbonyl (C=O) groups is 1. The summed E-state index contributed by atoms with van der Waals surface area (Å²) < 4.78 is 16.3. The van der Waals surface area contributed by atoms with E-state index in [1.165, 1.54) is 23.5 Å². The zero-order valence-corrected chi connectivity index (χ0v) is 14.2. The smallest absolute Gasteiger partial charge is 0.278 e. The van der Waals surface area contributed by atoms with E-state index in [2.05, 4.69) is 18.8 Å². The second kappa shape index (κ2) is 6.95. The van der Waals surface area contributed by atoms with Crippen LogP contribution in [0.4, 0.5) is 4.39 Å². The lowest BCUT2D eigenvalue weighted by Gasteiger charge is -2.09. The molecule has 0 spiro atoms. The van der Waals surface area contributed by atoms with Crippen LogP contribution in [0.2, 0.25) is 0 Å². The summed E-state index contributed by atoms with van der Waals surface area (Å²) in [4.78, 5) is 27.6. The molecule has 1 aromatic heterocycles. The predicted octanol–water partition coefficient (Wildman–Crippen LogP) is 2.45. The van der Waals surface area contributed by atoms with Crippen molar-refractivity contribution in [2.24, 2.45) is 12.0 Å². The number of aromatic nitrogens is 2. The molecule has 5 nitrogen and oxygen atoms in total. The van der Waals surface area contributed by atoms with E-state index >= 15 is 0 Å². The monoisotopic (exact) mass is 335 g/mol. The van der Waals surface area contributed by atoms with Crippen LogP contribution < -0.4 is 11.2 Å². The molecule has 122 valence electrons. The summed E-state index contributed by atoms with van der Waals surface area (Å²) in [5.41, 5.74) is 0.452. The van der Waals surface area contributed by atoms with Gasteiger partial charge in [0.15, 0.2) is 11.3 Å². The van der Waals surface area contributed by atoms with Crippen molar-refractivity contribution in [2.45, 2.75) is 31.6 Å². The fourth-order valence-electron chi connectivity index (χ4n) is 1.98. The van der Waals surface area contributed by atoms with Gasteiger partial charge in [0.2, 0.25) is 5.91 Å². The van der Waals surface area contributed by atoms with E-state index in [1.807, 2.05) is 24.3 Å². The molecule has 2 rings (SSSR count). The normalized spacial score (nSPS) is 12.0. The maximum atomic E-state index is 14.1. The van der Waals surface area contributed by atoms with E-state index in [9.17, 15) is 14.0 Å². The Kier molecular flexibility index (Phi) is 5.20. The van der Waals surface area contributed by atoms with Crippen molar-refractivity contribution in [2.75, 3.05) is 0 Å². The number of rotatable bonds is 3. The summed E-state index contributed by atoms with van der Waals surface area (Å²) in [6, 6.07) is 7.73. The Morgan fingerprint density at radius 1 is 1.26 bits per heavy atom. The lowest BCUT2D eigenvalue weighted by Crippen LogP contribution is -2.38. The van der Waals surface area contributed by atoms with E-state index in [0.29, 0.717) is 5.92 Å². The zero-order chi connectivity index (χ0) is 17.1. The van der Waals surface area contributed by atoms with Gasteiger partial charge in [0.05, 0.1) is 6.20 Å². The highest BCUT2D eigenvalue weighted by Crippen LogP contribution is 2.21. The van der Waals surface area contributed by atoms with E-state index in [1.54, 1.807) is 0 Å². The zero-order valence-electron chi connectivity index (χ0n) is 13.4. The highest BCUT2D eigenvalue weighted by molar-refractivity contribution is 7.97. The number of halogens is 1. The largest absolute Gasteiger partial charge is 0.340 e. The van der Waals surface area contributed by atoms with Gasteiger partial charge in [0.1, 0.15) is 0 Å². The molecule has 0 unspecified atom stereocenters. The molecular formula is C16H18FN3O2S. The van der Waals surface area contributed by atoms with Crippen LogP contribution >= 0.6 is 11.9 Å². The van der Waals surface area contributed by atoms with Crippen molar-refractivity contribution in [3.8, 4) is 0 Å². The number of carbonyl (C=O) groups excluding carboxylic acids is 1. The minimum atomic E-state index is -0.728. The topological polar surface area (TPSA) is 56.4 Å². The summed E-state index contributed by atoms with van der Waals surface area (Å²) in [6.45, 7) is 5.40. The number of hydrogen-bond donors (Lipinski definition) is 0. The highest BCUT2D eigenvalue weighted by Gasteiger charge is 2.09. The summed E-state index contributed by atoms with van der Waals surface area (Å²) in [7, 11) is 1.38. The summed E-state index contributed by atoms with van der Waals surface area (Å²) in [6.07, 6.45) is 1.05. The van der Waals surface area contributed by atoms with Crippen LogP contribution in [0, 0.1) is 5.82 Å². The van der Waals surface area contributed by atoms with Crippen molar-refractivity contribution in [3.63, 3.8) is 0 Å². The second-order valence-corrected chi connectivity index (χ2v) is 6.46. The Balaban J connectivity index is 2.42. The lowest BCUT2D eigenvalue weighted by molar-refractivity contribution is -0.116. The van der Waals surface area contributed by atoms with E-state index in [0.717, 1.165) is 27.6 Å². The molecule has 1 aromatic carbocycles. The minimum Gasteiger partial charge on any atom is -0.278 e. The van der Waals surface area contributed by atoms with Gasteiger partial charge in [-0.05, 0) is 35.6 Å². The third kappa shape index (κ3) is 3.98. The van der Waals surface area contributed by atoms with Gasteiger partial charge in [-0.1, -0.05) is 26.0 Å². The van der Waals surface area contributed by atoms with Crippen LogP contribution in [0.3, 0.4) is 0 Å². The molecule has 0 bridgehead atoms. The first kappa shape index (κ1) is 17.2. The Bertz CT molecular complexity index is 851. The maximum absolute atomic E-state index is 14.1. The van der Waals surface area contributed by atoms with Gasteiger partial charge in [-0.3, -0.25) is 9.36 Å². The standard InChI is InChI=1S/C16H18FN3O2S/c1-10(2)12-5-7-13(8-6-12)23-20-9-14(17)15(18-11(3)21)19(4)16(20)22/h5-10H,1-4H3. The molecule has 0 saturated heterocycles. The summed E-state index contributed by atoms with van der Waals surface area (Å²) in [5.74, 6) is -0.873. The Labute approximate surface area is 137 Å². The van der Waals surface area contributed by atoms with Crippen molar-refractivity contribution in [1.29, 1.82) is 0 Å². The van der Waals surface area contributed by atoms with Crippen LogP contribution in [-0.2, 0) is 11.8 Å². The minimum absolute atomic E-state index is 0.269. The molecule has 0 aliphatic rings. The molecule has 1 heterocycles. The van der Waals surface area contributed by atoms with Crippen LogP contribution in [0.25, 0.3) is 0 Å². The van der Waals surface area contributed by atoms with Crippen LogP contribution in [0.1, 0.15) is 32.3 Å². The molecule has 7 heteroatoms. The van der Waals surface area contributed by atoms with E-state index in [-0.39, 0.29) is 5.49 Å². The first-order valence-electron chi connectivity index (χ1n) is 7.11. The quantitative estimate of drug-likeness (QED) is 0.866. The SMILES string of the molecule is CC(=O)N=c1c(F)cn(Sc2ccc(C(C)C)cc2)c(=O)n1C. The van der Waals surface area contributed by atoms with Gasteiger partial charge in [-0.2, -0.15) is 4.99 Å². The third-order valence-electron chi connectivity index (χ3n) is 3.25. The number of hydrogen-bond acceptors (Lipinski definition) is 3. The van der Waals surface area contributed by atoms with Crippen molar-refractivity contribution in [3.05, 3.63) is 57.8 Å². The van der Waals surface area contributed by atoms with Gasteiger partial charge in [0, 0.05) is 18.9 Å². The molecule has 0 fully saturated rings. The van der Waals surface area contributed by atoms with Crippen molar-refractivity contribution < 1.29 is 9.18 Å². The highest BCUT2D eigenvalue weighted by atomic mass is 32.2. The fraction of sp³-hybridized carbons (Fsp3) is 0.312. The number of benzene rings is 1. The number of amides is 1. The van der Waals surface area contributed by atoms with Crippen LogP contribution in [0.5, 0.6) is 0 Å². The van der Waals surface area contributed by atoms with Gasteiger partial charge in [0.25, 0.3) is 0 Å². The Morgan fingerprint density at radius 2 is 1.87 bits per heavy atom.